The minimum absolute atomic E-state index is 0.0359. The van der Waals surface area contributed by atoms with Gasteiger partial charge >= 0.3 is 0 Å². The van der Waals surface area contributed by atoms with Crippen molar-refractivity contribution in [2.75, 3.05) is 0 Å². The lowest BCUT2D eigenvalue weighted by Crippen LogP contribution is -2.49. The summed E-state index contributed by atoms with van der Waals surface area (Å²) in [6, 6.07) is 2.85. The van der Waals surface area contributed by atoms with Gasteiger partial charge in [0.2, 0.25) is 5.43 Å². The average Bonchev–Trinajstić information content (AvgIpc) is 3.30. The molecule has 0 radical (unpaired) electrons. The summed E-state index contributed by atoms with van der Waals surface area (Å²) >= 11 is 0. The predicted octanol–water partition coefficient (Wildman–Crippen LogP) is 1.50. The SMILES string of the molecule is O=C(NCc1ccc(F)cc1F)c1cn2c(c(O)c1=O)C(=O)N1C(C2)O[C@H]2CCCC21. The summed E-state index contributed by atoms with van der Waals surface area (Å²) < 4.78 is 34.1. The van der Waals surface area contributed by atoms with Crippen LogP contribution in [0, 0.1) is 11.6 Å². The van der Waals surface area contributed by atoms with E-state index >= 15 is 0 Å². The van der Waals surface area contributed by atoms with Crippen molar-refractivity contribution in [1.82, 2.24) is 14.8 Å². The minimum atomic E-state index is -0.988. The number of ether oxygens (including phenoxy) is 1. The lowest BCUT2D eigenvalue weighted by atomic mass is 10.1. The Labute approximate surface area is 175 Å². The highest BCUT2D eigenvalue weighted by atomic mass is 19.1. The molecule has 3 aliphatic rings. The highest BCUT2D eigenvalue weighted by Crippen LogP contribution is 2.39. The molecule has 1 saturated carbocycles. The number of nitrogens with one attached hydrogen (secondary N) is 1. The highest BCUT2D eigenvalue weighted by molar-refractivity contribution is 5.99. The second kappa shape index (κ2) is 7.16. The number of hydrogen-bond acceptors (Lipinski definition) is 5. The molecule has 162 valence electrons. The van der Waals surface area contributed by atoms with Gasteiger partial charge in [0, 0.05) is 24.4 Å². The Kier molecular flexibility index (Phi) is 4.54. The fourth-order valence-electron chi connectivity index (χ4n) is 4.68. The van der Waals surface area contributed by atoms with Gasteiger partial charge in [0.15, 0.2) is 17.7 Å². The molecule has 8 nitrogen and oxygen atoms in total. The van der Waals surface area contributed by atoms with Crippen LogP contribution >= 0.6 is 0 Å². The van der Waals surface area contributed by atoms with Crippen molar-refractivity contribution in [3.8, 4) is 5.75 Å². The van der Waals surface area contributed by atoms with Crippen molar-refractivity contribution in [3.05, 3.63) is 63.1 Å². The van der Waals surface area contributed by atoms with Crippen molar-refractivity contribution >= 4 is 11.8 Å². The molecule has 3 heterocycles. The van der Waals surface area contributed by atoms with Crippen LogP contribution in [0.3, 0.4) is 0 Å². The molecule has 1 saturated heterocycles. The number of hydrogen-bond donors (Lipinski definition) is 2. The minimum Gasteiger partial charge on any atom is -0.503 e. The van der Waals surface area contributed by atoms with Gasteiger partial charge in [-0.3, -0.25) is 14.4 Å². The van der Waals surface area contributed by atoms with E-state index in [1.54, 1.807) is 4.90 Å². The van der Waals surface area contributed by atoms with Crippen LogP contribution in [-0.4, -0.2) is 44.8 Å². The van der Waals surface area contributed by atoms with E-state index in [-0.39, 0.29) is 42.1 Å². The van der Waals surface area contributed by atoms with E-state index in [4.69, 9.17) is 4.74 Å². The Hall–Kier alpha value is -3.27. The molecule has 0 bridgehead atoms. The van der Waals surface area contributed by atoms with Gasteiger partial charge in [0.1, 0.15) is 17.2 Å². The van der Waals surface area contributed by atoms with Gasteiger partial charge in [0.05, 0.1) is 18.7 Å². The fourth-order valence-corrected chi connectivity index (χ4v) is 4.68. The number of aromatic hydroxyl groups is 1. The first-order valence-electron chi connectivity index (χ1n) is 10.0. The Morgan fingerprint density at radius 1 is 1.26 bits per heavy atom. The van der Waals surface area contributed by atoms with Crippen molar-refractivity contribution in [2.24, 2.45) is 0 Å². The molecule has 1 aromatic carbocycles. The van der Waals surface area contributed by atoms with Gasteiger partial charge in [-0.25, -0.2) is 8.78 Å². The van der Waals surface area contributed by atoms with Gasteiger partial charge in [-0.1, -0.05) is 6.07 Å². The smallest absolute Gasteiger partial charge is 0.276 e. The number of amides is 2. The summed E-state index contributed by atoms with van der Waals surface area (Å²) in [5.41, 5.74) is -1.51. The molecule has 2 N–H and O–H groups in total. The number of pyridine rings is 1. The molecule has 0 spiro atoms. The Balaban J connectivity index is 1.42. The van der Waals surface area contributed by atoms with E-state index in [1.807, 2.05) is 0 Å². The second-order valence-corrected chi connectivity index (χ2v) is 7.98. The van der Waals surface area contributed by atoms with Crippen LogP contribution in [0.5, 0.6) is 5.75 Å². The van der Waals surface area contributed by atoms with E-state index in [2.05, 4.69) is 5.32 Å². The van der Waals surface area contributed by atoms with Crippen LogP contribution in [-0.2, 0) is 17.8 Å². The Morgan fingerprint density at radius 2 is 2.06 bits per heavy atom. The summed E-state index contributed by atoms with van der Waals surface area (Å²) in [5, 5.41) is 12.8. The Bertz CT molecular complexity index is 1160. The van der Waals surface area contributed by atoms with Crippen molar-refractivity contribution < 1.29 is 28.2 Å². The second-order valence-electron chi connectivity index (χ2n) is 7.98. The number of fused-ring (bicyclic) bond motifs is 4. The lowest BCUT2D eigenvalue weighted by Gasteiger charge is -2.34. The van der Waals surface area contributed by atoms with E-state index in [0.717, 1.165) is 25.3 Å². The number of rotatable bonds is 3. The molecule has 5 rings (SSSR count). The largest absolute Gasteiger partial charge is 0.503 e. The zero-order valence-electron chi connectivity index (χ0n) is 16.3. The van der Waals surface area contributed by atoms with Crippen LogP contribution in [0.25, 0.3) is 0 Å². The topological polar surface area (TPSA) is 101 Å². The predicted molar refractivity (Wildman–Crippen MR) is 102 cm³/mol. The average molecular weight is 431 g/mol. The third kappa shape index (κ3) is 3.09. The summed E-state index contributed by atoms with van der Waals surface area (Å²) in [6.45, 7) is -0.108. The maximum atomic E-state index is 13.8. The zero-order chi connectivity index (χ0) is 21.9. The first-order chi connectivity index (χ1) is 14.8. The van der Waals surface area contributed by atoms with E-state index < -0.39 is 40.9 Å². The molecule has 2 fully saturated rings. The molecule has 1 aromatic heterocycles. The number of aromatic nitrogens is 1. The number of nitrogens with zero attached hydrogens (tertiary/aromatic N) is 2. The third-order valence-electron chi connectivity index (χ3n) is 6.16. The lowest BCUT2D eigenvalue weighted by molar-refractivity contribution is -0.0178. The van der Waals surface area contributed by atoms with Gasteiger partial charge in [-0.05, 0) is 25.3 Å². The normalized spacial score (nSPS) is 24.0. The van der Waals surface area contributed by atoms with Gasteiger partial charge in [0.25, 0.3) is 11.8 Å². The number of benzene rings is 1. The monoisotopic (exact) mass is 431 g/mol. The van der Waals surface area contributed by atoms with Gasteiger partial charge in [-0.15, -0.1) is 0 Å². The Morgan fingerprint density at radius 3 is 2.84 bits per heavy atom. The van der Waals surface area contributed by atoms with Crippen LogP contribution in [0.2, 0.25) is 0 Å². The first-order valence-corrected chi connectivity index (χ1v) is 10.0. The summed E-state index contributed by atoms with van der Waals surface area (Å²) in [6.07, 6.45) is 3.21. The molecular weight excluding hydrogens is 412 g/mol. The summed E-state index contributed by atoms with van der Waals surface area (Å²) in [5.74, 6) is -3.73. The van der Waals surface area contributed by atoms with E-state index in [9.17, 15) is 28.3 Å². The molecule has 2 unspecified atom stereocenters. The third-order valence-corrected chi connectivity index (χ3v) is 6.16. The maximum Gasteiger partial charge on any atom is 0.276 e. The van der Waals surface area contributed by atoms with Crippen molar-refractivity contribution in [1.29, 1.82) is 0 Å². The van der Waals surface area contributed by atoms with Crippen LogP contribution in [0.1, 0.15) is 45.7 Å². The maximum absolute atomic E-state index is 13.8. The molecule has 31 heavy (non-hydrogen) atoms. The summed E-state index contributed by atoms with van der Waals surface area (Å²) in [4.78, 5) is 39.8. The van der Waals surface area contributed by atoms with Crippen molar-refractivity contribution in [3.63, 3.8) is 0 Å². The molecule has 2 amide bonds. The van der Waals surface area contributed by atoms with Crippen molar-refractivity contribution in [2.45, 2.75) is 50.7 Å². The van der Waals surface area contributed by atoms with Gasteiger partial charge < -0.3 is 24.6 Å². The number of carbonyl (C=O) groups excluding carboxylic acids is 2. The van der Waals surface area contributed by atoms with Gasteiger partial charge in [-0.2, -0.15) is 0 Å². The molecule has 2 aliphatic heterocycles. The zero-order valence-corrected chi connectivity index (χ0v) is 16.3. The number of carbonyl (C=O) groups is 2. The highest BCUT2D eigenvalue weighted by Gasteiger charge is 2.50. The molecule has 1 aliphatic carbocycles. The molecule has 3 atom stereocenters. The van der Waals surface area contributed by atoms with E-state index in [0.29, 0.717) is 6.07 Å². The fraction of sp³-hybridized carbons (Fsp3) is 0.381. The van der Waals surface area contributed by atoms with Crippen LogP contribution < -0.4 is 10.7 Å². The van der Waals surface area contributed by atoms with Crippen LogP contribution in [0.4, 0.5) is 8.78 Å². The molecular formula is C21H19F2N3O5. The molecule has 10 heteroatoms. The van der Waals surface area contributed by atoms with Crippen LogP contribution in [0.15, 0.2) is 29.2 Å². The van der Waals surface area contributed by atoms with E-state index in [1.165, 1.54) is 16.8 Å². The number of halogens is 2. The summed E-state index contributed by atoms with van der Waals surface area (Å²) in [7, 11) is 0. The standard InChI is InChI=1S/C21H19F2N3O5/c22-11-5-4-10(13(23)6-11)7-24-20(29)12-8-25-9-16-26(14-2-1-3-15(14)31-16)21(30)17(25)19(28)18(12)27/h4-6,8,14-16,28H,1-3,7,9H2,(H,24,29)/t14?,15-,16?/m0/s1. The quantitative estimate of drug-likeness (QED) is 0.767. The first kappa shape index (κ1) is 19.7. The molecule has 2 aromatic rings.